The molecule has 0 atom stereocenters. The summed E-state index contributed by atoms with van der Waals surface area (Å²) < 4.78 is 37.7. The maximum Gasteiger partial charge on any atom is 0.419 e. The number of pyridine rings is 1. The number of nitrogens with one attached hydrogen (secondary N) is 1. The lowest BCUT2D eigenvalue weighted by Crippen LogP contribution is -2.33. The van der Waals surface area contributed by atoms with Crippen LogP contribution in [0.5, 0.6) is 0 Å². The maximum absolute atomic E-state index is 12.6. The van der Waals surface area contributed by atoms with Crippen LogP contribution in [0.25, 0.3) is 0 Å². The van der Waals surface area contributed by atoms with E-state index < -0.39 is 23.1 Å². The molecule has 1 rings (SSSR count). The van der Waals surface area contributed by atoms with Gasteiger partial charge in [-0.2, -0.15) is 13.2 Å². The van der Waals surface area contributed by atoms with Gasteiger partial charge in [-0.3, -0.25) is 0 Å². The van der Waals surface area contributed by atoms with Gasteiger partial charge in [0, 0.05) is 11.7 Å². The number of nitrogens with two attached hydrogens (primary N) is 1. The second-order valence-corrected chi connectivity index (χ2v) is 4.03. The molecule has 3 N–H and O–H groups in total. The van der Waals surface area contributed by atoms with Crippen molar-refractivity contribution in [2.75, 3.05) is 12.8 Å². The maximum atomic E-state index is 12.6. The zero-order valence-corrected chi connectivity index (χ0v) is 9.31. The second kappa shape index (κ2) is 3.93. The number of anilines is 1. The summed E-state index contributed by atoms with van der Waals surface area (Å²) in [4.78, 5) is 3.58. The topological polar surface area (TPSA) is 50.9 Å². The Bertz CT molecular complexity index is 385. The minimum atomic E-state index is -4.48. The van der Waals surface area contributed by atoms with Gasteiger partial charge >= 0.3 is 6.18 Å². The third kappa shape index (κ3) is 2.44. The summed E-state index contributed by atoms with van der Waals surface area (Å²) in [5, 5.41) is 2.91. The van der Waals surface area contributed by atoms with Gasteiger partial charge < -0.3 is 11.1 Å². The Hall–Kier alpha value is -1.30. The van der Waals surface area contributed by atoms with Gasteiger partial charge in [-0.1, -0.05) is 0 Å². The van der Waals surface area contributed by atoms with E-state index in [4.69, 9.17) is 5.73 Å². The fourth-order valence-electron chi connectivity index (χ4n) is 1.19. The predicted molar refractivity (Wildman–Crippen MR) is 55.7 cm³/mol. The molecular weight excluding hydrogens is 219 g/mol. The van der Waals surface area contributed by atoms with E-state index in [1.54, 1.807) is 20.9 Å². The molecule has 6 heteroatoms. The highest BCUT2D eigenvalue weighted by atomic mass is 19.4. The molecule has 0 radical (unpaired) electrons. The van der Waals surface area contributed by atoms with Gasteiger partial charge in [0.15, 0.2) is 0 Å². The van der Waals surface area contributed by atoms with Gasteiger partial charge in [-0.05, 0) is 32.5 Å². The lowest BCUT2D eigenvalue weighted by Gasteiger charge is -2.25. The summed E-state index contributed by atoms with van der Waals surface area (Å²) in [6.07, 6.45) is -3.13. The third-order valence-corrected chi connectivity index (χ3v) is 2.57. The molecule has 0 bridgehead atoms. The minimum Gasteiger partial charge on any atom is -0.383 e. The van der Waals surface area contributed by atoms with Crippen molar-refractivity contribution in [2.24, 2.45) is 0 Å². The lowest BCUT2D eigenvalue weighted by atomic mass is 9.95. The molecule has 0 amide bonds. The number of hydrogen-bond donors (Lipinski definition) is 2. The molecule has 3 nitrogen and oxygen atoms in total. The van der Waals surface area contributed by atoms with Crippen LogP contribution in [0.3, 0.4) is 0 Å². The molecule has 1 aromatic heterocycles. The number of hydrogen-bond acceptors (Lipinski definition) is 3. The van der Waals surface area contributed by atoms with Crippen molar-refractivity contribution in [1.29, 1.82) is 0 Å². The molecule has 0 aliphatic carbocycles. The Morgan fingerprint density at radius 3 is 2.31 bits per heavy atom. The molecule has 0 spiro atoms. The van der Waals surface area contributed by atoms with Crippen LogP contribution < -0.4 is 11.1 Å². The Balaban J connectivity index is 3.29. The van der Waals surface area contributed by atoms with Crippen LogP contribution in [0.2, 0.25) is 0 Å². The Morgan fingerprint density at radius 2 is 1.88 bits per heavy atom. The SMILES string of the molecule is CNC(C)(C)c1cnc(N)c(C(F)(F)F)c1. The molecule has 16 heavy (non-hydrogen) atoms. The number of alkyl halides is 3. The average molecular weight is 233 g/mol. The number of aromatic nitrogens is 1. The quantitative estimate of drug-likeness (QED) is 0.822. The number of nitrogens with zero attached hydrogens (tertiary/aromatic N) is 1. The van der Waals surface area contributed by atoms with Crippen LogP contribution in [0.15, 0.2) is 12.3 Å². The van der Waals surface area contributed by atoms with Gasteiger partial charge in [0.2, 0.25) is 0 Å². The first-order chi connectivity index (χ1) is 7.18. The number of nitrogen functional groups attached to an aromatic ring is 1. The first-order valence-electron chi connectivity index (χ1n) is 4.70. The molecular formula is C10H14F3N3. The van der Waals surface area contributed by atoms with Crippen LogP contribution in [-0.4, -0.2) is 12.0 Å². The molecule has 0 saturated heterocycles. The van der Waals surface area contributed by atoms with Crippen molar-refractivity contribution in [3.05, 3.63) is 23.4 Å². The van der Waals surface area contributed by atoms with E-state index in [1.807, 2.05) is 0 Å². The van der Waals surface area contributed by atoms with Crippen LogP contribution in [0, 0.1) is 0 Å². The predicted octanol–water partition coefficient (Wildman–Crippen LogP) is 2.14. The Labute approximate surface area is 91.9 Å². The summed E-state index contributed by atoms with van der Waals surface area (Å²) in [6, 6.07) is 1.03. The van der Waals surface area contributed by atoms with E-state index in [9.17, 15) is 13.2 Å². The number of rotatable bonds is 2. The summed E-state index contributed by atoms with van der Waals surface area (Å²) in [5.41, 5.74) is 4.17. The highest BCUT2D eigenvalue weighted by Gasteiger charge is 2.35. The van der Waals surface area contributed by atoms with Crippen molar-refractivity contribution < 1.29 is 13.2 Å². The molecule has 0 aliphatic rings. The van der Waals surface area contributed by atoms with Crippen LogP contribution in [0.1, 0.15) is 25.0 Å². The normalized spacial score (nSPS) is 12.9. The summed E-state index contributed by atoms with van der Waals surface area (Å²) >= 11 is 0. The third-order valence-electron chi connectivity index (χ3n) is 2.57. The van der Waals surface area contributed by atoms with Crippen molar-refractivity contribution in [1.82, 2.24) is 10.3 Å². The van der Waals surface area contributed by atoms with Gasteiger partial charge in [0.1, 0.15) is 5.82 Å². The monoisotopic (exact) mass is 233 g/mol. The molecule has 0 aliphatic heterocycles. The van der Waals surface area contributed by atoms with E-state index in [-0.39, 0.29) is 0 Å². The average Bonchev–Trinajstić information content (AvgIpc) is 2.16. The minimum absolute atomic E-state index is 0.441. The summed E-state index contributed by atoms with van der Waals surface area (Å²) in [6.45, 7) is 3.53. The van der Waals surface area contributed by atoms with E-state index >= 15 is 0 Å². The van der Waals surface area contributed by atoms with Gasteiger partial charge in [-0.25, -0.2) is 4.98 Å². The molecule has 0 aromatic carbocycles. The molecule has 1 heterocycles. The van der Waals surface area contributed by atoms with Gasteiger partial charge in [0.25, 0.3) is 0 Å². The fourth-order valence-corrected chi connectivity index (χ4v) is 1.19. The molecule has 0 unspecified atom stereocenters. The van der Waals surface area contributed by atoms with Crippen molar-refractivity contribution in [3.63, 3.8) is 0 Å². The standard InChI is InChI=1S/C10H14F3N3/c1-9(2,15-3)6-4-7(10(11,12)13)8(14)16-5-6/h4-5,15H,1-3H3,(H2,14,16). The largest absolute Gasteiger partial charge is 0.419 e. The van der Waals surface area contributed by atoms with Crippen molar-refractivity contribution >= 4 is 5.82 Å². The van der Waals surface area contributed by atoms with E-state index in [1.165, 1.54) is 6.20 Å². The van der Waals surface area contributed by atoms with E-state index in [2.05, 4.69) is 10.3 Å². The van der Waals surface area contributed by atoms with Crippen LogP contribution >= 0.6 is 0 Å². The van der Waals surface area contributed by atoms with Crippen molar-refractivity contribution in [2.45, 2.75) is 25.6 Å². The smallest absolute Gasteiger partial charge is 0.383 e. The zero-order valence-electron chi connectivity index (χ0n) is 9.31. The zero-order chi connectivity index (χ0) is 12.6. The van der Waals surface area contributed by atoms with Crippen LogP contribution in [-0.2, 0) is 11.7 Å². The highest BCUT2D eigenvalue weighted by molar-refractivity contribution is 5.44. The Morgan fingerprint density at radius 1 is 1.31 bits per heavy atom. The van der Waals surface area contributed by atoms with Gasteiger partial charge in [0.05, 0.1) is 5.56 Å². The second-order valence-electron chi connectivity index (χ2n) is 4.03. The van der Waals surface area contributed by atoms with E-state index in [0.717, 1.165) is 6.07 Å². The molecule has 1 aromatic rings. The molecule has 0 fully saturated rings. The lowest BCUT2D eigenvalue weighted by molar-refractivity contribution is -0.137. The van der Waals surface area contributed by atoms with E-state index in [0.29, 0.717) is 5.56 Å². The molecule has 0 saturated carbocycles. The summed E-state index contributed by atoms with van der Waals surface area (Å²) in [7, 11) is 1.67. The summed E-state index contributed by atoms with van der Waals surface area (Å²) in [5.74, 6) is -0.497. The first-order valence-corrected chi connectivity index (χ1v) is 4.70. The number of halogens is 3. The fraction of sp³-hybridized carbons (Fsp3) is 0.500. The highest BCUT2D eigenvalue weighted by Crippen LogP contribution is 2.34. The molecule has 90 valence electrons. The first kappa shape index (κ1) is 12.8. The van der Waals surface area contributed by atoms with Gasteiger partial charge in [-0.15, -0.1) is 0 Å². The van der Waals surface area contributed by atoms with Crippen LogP contribution in [0.4, 0.5) is 19.0 Å². The van der Waals surface area contributed by atoms with Crippen molar-refractivity contribution in [3.8, 4) is 0 Å². The Kier molecular flexibility index (Phi) is 3.14.